The molecule has 0 aliphatic rings. The van der Waals surface area contributed by atoms with E-state index >= 15 is 0 Å². The number of halogens is 6. The molecule has 0 aromatic rings. The van der Waals surface area contributed by atoms with Crippen LogP contribution in [0.1, 0.15) is 0 Å². The average molecular weight is 374 g/mol. The molecule has 0 aromatic carbocycles. The molecule has 82 valence electrons. The minimum absolute atomic E-state index is 0.171. The molecule has 7 heteroatoms. The summed E-state index contributed by atoms with van der Waals surface area (Å²) < 4.78 is 0. The average Bonchev–Trinajstić information content (AvgIpc) is 2.02. The fourth-order valence-corrected chi connectivity index (χ4v) is 11.2. The zero-order valence-electron chi connectivity index (χ0n) is 6.66. The molecule has 0 N–H and O–H groups in total. The van der Waals surface area contributed by atoms with Crippen molar-refractivity contribution in [2.24, 2.45) is 0 Å². The predicted molar refractivity (Wildman–Crippen MR) is 67.8 cm³/mol. The van der Waals surface area contributed by atoms with Crippen LogP contribution in [0.25, 0.3) is 0 Å². The summed E-state index contributed by atoms with van der Waals surface area (Å²) in [5.41, 5.74) is 0. The second-order valence-electron chi connectivity index (χ2n) is 2.54. The van der Waals surface area contributed by atoms with Gasteiger partial charge in [0.15, 0.2) is 0 Å². The number of hydrogen-bond acceptors (Lipinski definition) is 0. The van der Waals surface area contributed by atoms with Crippen molar-refractivity contribution >= 4 is 77.6 Å². The molecule has 2 unspecified atom stereocenters. The number of alkyl halides is 4. The quantitative estimate of drug-likeness (QED) is 0.471. The van der Waals surface area contributed by atoms with Crippen molar-refractivity contribution in [3.63, 3.8) is 0 Å². The van der Waals surface area contributed by atoms with Crippen LogP contribution >= 0.6 is 66.6 Å². The summed E-state index contributed by atoms with van der Waals surface area (Å²) in [5, 5.41) is 0.780. The topological polar surface area (TPSA) is 0 Å². The van der Waals surface area contributed by atoms with Crippen molar-refractivity contribution in [1.29, 1.82) is 0 Å². The maximum atomic E-state index is 6.12. The van der Waals surface area contributed by atoms with E-state index < -0.39 is 11.0 Å². The molecule has 0 saturated heterocycles. The zero-order valence-corrected chi connectivity index (χ0v) is 12.9. The van der Waals surface area contributed by atoms with Crippen LogP contribution in [0, 0.1) is 0 Å². The molecule has 0 aliphatic carbocycles. The molecule has 0 amide bonds. The van der Waals surface area contributed by atoms with E-state index in [0.717, 1.165) is 0 Å². The minimum atomic E-state index is -2.54. The molecule has 0 aromatic heterocycles. The Balaban J connectivity index is 3.92. The van der Waals surface area contributed by atoms with Gasteiger partial charge in [-0.2, -0.15) is 0 Å². The number of hydrogen-bond donors (Lipinski definition) is 0. The van der Waals surface area contributed by atoms with Crippen LogP contribution in [0.4, 0.5) is 0 Å². The van der Waals surface area contributed by atoms with E-state index in [4.69, 9.17) is 66.6 Å². The Morgan fingerprint density at radius 1 is 0.846 bits per heavy atom. The Morgan fingerprint density at radius 3 is 1.38 bits per heavy atom. The molecule has 0 nitrogen and oxygen atoms in total. The van der Waals surface area contributed by atoms with Crippen LogP contribution in [-0.2, 0) is 0 Å². The van der Waals surface area contributed by atoms with Crippen molar-refractivity contribution in [2.75, 3.05) is 11.8 Å². The molecule has 0 bridgehead atoms. The third-order valence-electron chi connectivity index (χ3n) is 1.18. The maximum absolute atomic E-state index is 6.12. The van der Waals surface area contributed by atoms with Crippen LogP contribution in [0.15, 0.2) is 0 Å². The Morgan fingerprint density at radius 2 is 1.15 bits per heavy atom. The molecule has 0 fully saturated rings. The van der Waals surface area contributed by atoms with E-state index in [1.54, 1.807) is 0 Å². The molecule has 0 heterocycles. The molecular formula is C6H10Cl6Se. The first-order valence-corrected chi connectivity index (χ1v) is 12.4. The first-order chi connectivity index (χ1) is 5.91. The SMILES string of the molecule is ClCC(Cl)C[Se](Cl)(Cl)CC(Cl)CCl. The van der Waals surface area contributed by atoms with Gasteiger partial charge in [-0.15, -0.1) is 0 Å². The molecule has 0 rings (SSSR count). The first-order valence-electron chi connectivity index (χ1n) is 3.49. The van der Waals surface area contributed by atoms with E-state index in [-0.39, 0.29) is 10.8 Å². The van der Waals surface area contributed by atoms with Crippen molar-refractivity contribution in [2.45, 2.75) is 21.4 Å². The van der Waals surface area contributed by atoms with E-state index in [9.17, 15) is 0 Å². The van der Waals surface area contributed by atoms with Gasteiger partial charge in [-0.25, -0.2) is 0 Å². The Labute approximate surface area is 110 Å². The van der Waals surface area contributed by atoms with Gasteiger partial charge in [0.2, 0.25) is 0 Å². The molecular weight excluding hydrogens is 364 g/mol. The monoisotopic (exact) mass is 372 g/mol. The third kappa shape index (κ3) is 8.11. The Kier molecular flexibility index (Phi) is 8.83. The summed E-state index contributed by atoms with van der Waals surface area (Å²) in [6.45, 7) is 0. The first kappa shape index (κ1) is 15.3. The summed E-state index contributed by atoms with van der Waals surface area (Å²) in [4.78, 5) is 0. The molecule has 13 heavy (non-hydrogen) atoms. The molecule has 0 spiro atoms. The van der Waals surface area contributed by atoms with Gasteiger partial charge in [0.05, 0.1) is 0 Å². The second-order valence-corrected chi connectivity index (χ2v) is 15.7. The van der Waals surface area contributed by atoms with Crippen LogP contribution in [-0.4, -0.2) is 33.5 Å². The van der Waals surface area contributed by atoms with E-state index in [1.807, 2.05) is 0 Å². The summed E-state index contributed by atoms with van der Waals surface area (Å²) in [5.74, 6) is 0.710. The normalized spacial score (nSPS) is 18.3. The summed E-state index contributed by atoms with van der Waals surface area (Å²) in [6.07, 6.45) is 0. The van der Waals surface area contributed by atoms with Gasteiger partial charge < -0.3 is 0 Å². The summed E-state index contributed by atoms with van der Waals surface area (Å²) in [7, 11) is 12.2. The Hall–Kier alpha value is 2.26. The Bertz CT molecular complexity index is 127. The summed E-state index contributed by atoms with van der Waals surface area (Å²) >= 11 is 20.2. The van der Waals surface area contributed by atoms with Gasteiger partial charge in [-0.3, -0.25) is 0 Å². The van der Waals surface area contributed by atoms with Gasteiger partial charge in [0.1, 0.15) is 0 Å². The van der Waals surface area contributed by atoms with E-state index in [2.05, 4.69) is 0 Å². The van der Waals surface area contributed by atoms with Crippen LogP contribution in [0.3, 0.4) is 0 Å². The van der Waals surface area contributed by atoms with Gasteiger partial charge in [-0.1, -0.05) is 0 Å². The fraction of sp³-hybridized carbons (Fsp3) is 1.00. The van der Waals surface area contributed by atoms with Gasteiger partial charge in [0.25, 0.3) is 0 Å². The van der Waals surface area contributed by atoms with Crippen LogP contribution in [0.5, 0.6) is 0 Å². The third-order valence-corrected chi connectivity index (χ3v) is 10.0. The van der Waals surface area contributed by atoms with Crippen molar-refractivity contribution in [3.8, 4) is 0 Å². The van der Waals surface area contributed by atoms with Gasteiger partial charge in [0, 0.05) is 0 Å². The predicted octanol–water partition coefficient (Wildman–Crippen LogP) is 4.60. The van der Waals surface area contributed by atoms with Crippen LogP contribution in [0.2, 0.25) is 10.6 Å². The van der Waals surface area contributed by atoms with Gasteiger partial charge in [-0.05, 0) is 0 Å². The molecule has 0 aliphatic heterocycles. The van der Waals surface area contributed by atoms with Gasteiger partial charge >= 0.3 is 111 Å². The molecule has 0 saturated carbocycles. The van der Waals surface area contributed by atoms with Crippen molar-refractivity contribution in [1.82, 2.24) is 0 Å². The molecule has 2 atom stereocenters. The van der Waals surface area contributed by atoms with E-state index in [0.29, 0.717) is 22.4 Å². The molecule has 0 radical (unpaired) electrons. The fourth-order valence-electron chi connectivity index (χ4n) is 0.686. The van der Waals surface area contributed by atoms with Crippen molar-refractivity contribution in [3.05, 3.63) is 0 Å². The second kappa shape index (κ2) is 7.52. The summed E-state index contributed by atoms with van der Waals surface area (Å²) in [6, 6.07) is 0. The standard InChI is InChI=1S/C6H10Cl6Se/c7-1-5(9)3-13(11,12)4-6(10)2-8/h5-6H,1-4H2. The van der Waals surface area contributed by atoms with Crippen LogP contribution < -0.4 is 0 Å². The van der Waals surface area contributed by atoms with E-state index in [1.165, 1.54) is 0 Å². The zero-order chi connectivity index (χ0) is 10.5. The number of rotatable bonds is 6. The van der Waals surface area contributed by atoms with Crippen molar-refractivity contribution < 1.29 is 0 Å².